The van der Waals surface area contributed by atoms with Gasteiger partial charge in [0.05, 0.1) is 13.7 Å². The third kappa shape index (κ3) is 3.71. The average molecular weight is 279 g/mol. The number of carboxylic acid groups (broad SMARTS) is 1. The first-order valence-corrected chi connectivity index (χ1v) is 6.81. The van der Waals surface area contributed by atoms with E-state index >= 15 is 0 Å². The molecule has 0 spiro atoms. The predicted molar refractivity (Wildman–Crippen MR) is 75.1 cm³/mol. The van der Waals surface area contributed by atoms with Crippen LogP contribution < -0.4 is 4.74 Å². The van der Waals surface area contributed by atoms with Crippen LogP contribution in [-0.4, -0.2) is 54.9 Å². The van der Waals surface area contributed by atoms with Gasteiger partial charge in [0, 0.05) is 19.1 Å². The SMILES string of the molecule is COc1ccc(CC(C)N2CCOC(C(=O)O)C2)cc1. The molecule has 0 aromatic heterocycles. The minimum Gasteiger partial charge on any atom is -0.497 e. The number of morpholine rings is 1. The molecule has 1 aromatic carbocycles. The topological polar surface area (TPSA) is 59.0 Å². The molecular weight excluding hydrogens is 258 g/mol. The van der Waals surface area contributed by atoms with Gasteiger partial charge in [-0.1, -0.05) is 12.1 Å². The van der Waals surface area contributed by atoms with E-state index in [4.69, 9.17) is 14.6 Å². The Morgan fingerprint density at radius 3 is 2.80 bits per heavy atom. The van der Waals surface area contributed by atoms with Gasteiger partial charge < -0.3 is 14.6 Å². The zero-order valence-corrected chi connectivity index (χ0v) is 11.9. The van der Waals surface area contributed by atoms with Crippen molar-refractivity contribution in [2.75, 3.05) is 26.8 Å². The maximum absolute atomic E-state index is 11.0. The molecule has 1 aliphatic rings. The summed E-state index contributed by atoms with van der Waals surface area (Å²) in [6.45, 7) is 3.83. The van der Waals surface area contributed by atoms with E-state index in [1.54, 1.807) is 7.11 Å². The lowest BCUT2D eigenvalue weighted by atomic mass is 10.0. The average Bonchev–Trinajstić information content (AvgIpc) is 2.48. The highest BCUT2D eigenvalue weighted by molar-refractivity contribution is 5.72. The molecule has 20 heavy (non-hydrogen) atoms. The lowest BCUT2D eigenvalue weighted by Gasteiger charge is -2.35. The van der Waals surface area contributed by atoms with Gasteiger partial charge in [-0.05, 0) is 31.0 Å². The Labute approximate surface area is 119 Å². The van der Waals surface area contributed by atoms with Gasteiger partial charge >= 0.3 is 5.97 Å². The summed E-state index contributed by atoms with van der Waals surface area (Å²) in [6, 6.07) is 8.27. The molecule has 2 rings (SSSR count). The van der Waals surface area contributed by atoms with Crippen molar-refractivity contribution >= 4 is 5.97 Å². The van der Waals surface area contributed by atoms with Crippen molar-refractivity contribution in [3.8, 4) is 5.75 Å². The minimum atomic E-state index is -0.883. The van der Waals surface area contributed by atoms with Crippen molar-refractivity contribution in [3.05, 3.63) is 29.8 Å². The molecule has 1 heterocycles. The number of hydrogen-bond acceptors (Lipinski definition) is 4. The van der Waals surface area contributed by atoms with Crippen molar-refractivity contribution in [1.29, 1.82) is 0 Å². The Morgan fingerprint density at radius 2 is 2.20 bits per heavy atom. The molecule has 1 aromatic rings. The highest BCUT2D eigenvalue weighted by atomic mass is 16.5. The van der Waals surface area contributed by atoms with Crippen molar-refractivity contribution in [2.24, 2.45) is 0 Å². The molecule has 110 valence electrons. The molecule has 0 radical (unpaired) electrons. The molecular formula is C15H21NO4. The smallest absolute Gasteiger partial charge is 0.334 e. The fourth-order valence-corrected chi connectivity index (χ4v) is 2.45. The predicted octanol–water partition coefficient (Wildman–Crippen LogP) is 1.41. The van der Waals surface area contributed by atoms with E-state index in [0.717, 1.165) is 18.7 Å². The molecule has 0 aliphatic carbocycles. The summed E-state index contributed by atoms with van der Waals surface area (Å²) in [4.78, 5) is 13.2. The maximum Gasteiger partial charge on any atom is 0.334 e. The number of hydrogen-bond donors (Lipinski definition) is 1. The second-order valence-electron chi connectivity index (χ2n) is 5.09. The summed E-state index contributed by atoms with van der Waals surface area (Å²) in [5.41, 5.74) is 1.22. The first-order valence-electron chi connectivity index (χ1n) is 6.81. The van der Waals surface area contributed by atoms with E-state index in [0.29, 0.717) is 13.2 Å². The van der Waals surface area contributed by atoms with Gasteiger partial charge in [-0.15, -0.1) is 0 Å². The second kappa shape index (κ2) is 6.72. The largest absolute Gasteiger partial charge is 0.497 e. The quantitative estimate of drug-likeness (QED) is 0.883. The summed E-state index contributed by atoms with van der Waals surface area (Å²) in [5.74, 6) is -0.0370. The molecule has 5 nitrogen and oxygen atoms in total. The van der Waals surface area contributed by atoms with Crippen LogP contribution in [0.2, 0.25) is 0 Å². The molecule has 2 unspecified atom stereocenters. The first kappa shape index (κ1) is 14.8. The van der Waals surface area contributed by atoms with E-state index in [9.17, 15) is 4.79 Å². The number of aliphatic carboxylic acids is 1. The zero-order chi connectivity index (χ0) is 14.5. The molecule has 0 saturated carbocycles. The maximum atomic E-state index is 11.0. The molecule has 5 heteroatoms. The lowest BCUT2D eigenvalue weighted by Crippen LogP contribution is -2.50. The van der Waals surface area contributed by atoms with Crippen LogP contribution in [-0.2, 0) is 16.0 Å². The fraction of sp³-hybridized carbons (Fsp3) is 0.533. The Morgan fingerprint density at radius 1 is 1.50 bits per heavy atom. The third-order valence-electron chi connectivity index (χ3n) is 3.69. The van der Waals surface area contributed by atoms with Crippen LogP contribution in [0, 0.1) is 0 Å². The van der Waals surface area contributed by atoms with Gasteiger partial charge in [0.15, 0.2) is 6.10 Å². The summed E-state index contributed by atoms with van der Waals surface area (Å²) in [5, 5.41) is 9.02. The Hall–Kier alpha value is -1.59. The molecule has 1 N–H and O–H groups in total. The van der Waals surface area contributed by atoms with Crippen molar-refractivity contribution < 1.29 is 19.4 Å². The summed E-state index contributed by atoms with van der Waals surface area (Å²) in [7, 11) is 1.65. The van der Waals surface area contributed by atoms with Gasteiger partial charge in [0.25, 0.3) is 0 Å². The van der Waals surface area contributed by atoms with Crippen LogP contribution in [0.3, 0.4) is 0 Å². The summed E-state index contributed by atoms with van der Waals surface area (Å²) >= 11 is 0. The first-order chi connectivity index (χ1) is 9.60. The second-order valence-corrected chi connectivity index (χ2v) is 5.09. The van der Waals surface area contributed by atoms with Crippen molar-refractivity contribution in [3.63, 3.8) is 0 Å². The van der Waals surface area contributed by atoms with Gasteiger partial charge in [-0.3, -0.25) is 4.90 Å². The third-order valence-corrected chi connectivity index (χ3v) is 3.69. The van der Waals surface area contributed by atoms with Gasteiger partial charge in [0.2, 0.25) is 0 Å². The zero-order valence-electron chi connectivity index (χ0n) is 11.9. The van der Waals surface area contributed by atoms with Gasteiger partial charge in [0.1, 0.15) is 5.75 Å². The van der Waals surface area contributed by atoms with Crippen molar-refractivity contribution in [1.82, 2.24) is 4.90 Å². The number of carboxylic acids is 1. The van der Waals surface area contributed by atoms with E-state index in [1.165, 1.54) is 5.56 Å². The van der Waals surface area contributed by atoms with Crippen LogP contribution in [0.15, 0.2) is 24.3 Å². The minimum absolute atomic E-state index is 0.286. The number of rotatable bonds is 5. The lowest BCUT2D eigenvalue weighted by molar-refractivity contribution is -0.156. The molecule has 0 amide bonds. The summed E-state index contributed by atoms with van der Waals surface area (Å²) in [6.07, 6.45) is 0.179. The highest BCUT2D eigenvalue weighted by Gasteiger charge is 2.28. The van der Waals surface area contributed by atoms with E-state index in [2.05, 4.69) is 11.8 Å². The fourth-order valence-electron chi connectivity index (χ4n) is 2.45. The number of methoxy groups -OCH3 is 1. The molecule has 1 saturated heterocycles. The van der Waals surface area contributed by atoms with Crippen LogP contribution in [0.4, 0.5) is 0 Å². The molecule has 0 bridgehead atoms. The van der Waals surface area contributed by atoms with E-state index in [1.807, 2.05) is 24.3 Å². The Balaban J connectivity index is 1.93. The van der Waals surface area contributed by atoms with E-state index < -0.39 is 12.1 Å². The molecule has 2 atom stereocenters. The normalized spacial score (nSPS) is 21.4. The highest BCUT2D eigenvalue weighted by Crippen LogP contribution is 2.16. The number of nitrogens with zero attached hydrogens (tertiary/aromatic N) is 1. The number of ether oxygens (including phenoxy) is 2. The van der Waals surface area contributed by atoms with Crippen LogP contribution in [0.25, 0.3) is 0 Å². The van der Waals surface area contributed by atoms with Crippen LogP contribution >= 0.6 is 0 Å². The van der Waals surface area contributed by atoms with Crippen LogP contribution in [0.5, 0.6) is 5.75 Å². The number of carbonyl (C=O) groups is 1. The molecule has 1 aliphatic heterocycles. The standard InChI is InChI=1S/C15H21NO4/c1-11(9-12-3-5-13(19-2)6-4-12)16-7-8-20-14(10-16)15(17)18/h3-6,11,14H,7-10H2,1-2H3,(H,17,18). The monoisotopic (exact) mass is 279 g/mol. The van der Waals surface area contributed by atoms with Gasteiger partial charge in [-0.2, -0.15) is 0 Å². The Kier molecular flexibility index (Phi) is 4.98. The summed E-state index contributed by atoms with van der Waals surface area (Å²) < 4.78 is 10.4. The van der Waals surface area contributed by atoms with Crippen LogP contribution in [0.1, 0.15) is 12.5 Å². The Bertz CT molecular complexity index is 446. The van der Waals surface area contributed by atoms with E-state index in [-0.39, 0.29) is 6.04 Å². The van der Waals surface area contributed by atoms with Crippen molar-refractivity contribution in [2.45, 2.75) is 25.5 Å². The number of benzene rings is 1. The molecule has 1 fully saturated rings. The van der Waals surface area contributed by atoms with Gasteiger partial charge in [-0.25, -0.2) is 4.79 Å².